The first-order valence-electron chi connectivity index (χ1n) is 13.7. The van der Waals surface area contributed by atoms with Crippen molar-refractivity contribution in [2.75, 3.05) is 12.4 Å². The Hall–Kier alpha value is -3.60. The van der Waals surface area contributed by atoms with Crippen LogP contribution >= 0.6 is 0 Å². The molecule has 1 N–H and O–H groups in total. The van der Waals surface area contributed by atoms with Gasteiger partial charge >= 0.3 is 5.97 Å². The van der Waals surface area contributed by atoms with E-state index >= 15 is 0 Å². The van der Waals surface area contributed by atoms with Crippen LogP contribution in [0.15, 0.2) is 60.2 Å². The summed E-state index contributed by atoms with van der Waals surface area (Å²) in [6.45, 7) is 6.49. The first-order chi connectivity index (χ1) is 18.3. The minimum Gasteiger partial charge on any atom is -0.493 e. The van der Waals surface area contributed by atoms with Crippen molar-refractivity contribution >= 4 is 33.8 Å². The molecule has 0 aromatic heterocycles. The Kier molecular flexibility index (Phi) is 7.29. The summed E-state index contributed by atoms with van der Waals surface area (Å²) in [5.41, 5.74) is 4.91. The molecule has 1 aliphatic heterocycles. The molecule has 0 amide bonds. The quantitative estimate of drug-likeness (QED) is 0.188. The molecule has 0 saturated carbocycles. The lowest BCUT2D eigenvalue weighted by molar-refractivity contribution is -0.134. The minimum atomic E-state index is -0.310. The summed E-state index contributed by atoms with van der Waals surface area (Å²) in [6, 6.07) is 17.9. The highest BCUT2D eigenvalue weighted by atomic mass is 16.6. The molecule has 0 fully saturated rings. The second kappa shape index (κ2) is 10.6. The molecule has 198 valence electrons. The van der Waals surface area contributed by atoms with E-state index in [-0.39, 0.29) is 23.2 Å². The number of esters is 1. The number of hydrogen-bond acceptors (Lipinski definition) is 5. The van der Waals surface area contributed by atoms with E-state index in [1.807, 2.05) is 18.2 Å². The highest BCUT2D eigenvalue weighted by Crippen LogP contribution is 2.52. The van der Waals surface area contributed by atoms with E-state index in [2.05, 4.69) is 56.4 Å². The van der Waals surface area contributed by atoms with Crippen LogP contribution < -0.4 is 14.8 Å². The lowest BCUT2D eigenvalue weighted by atomic mass is 9.68. The summed E-state index contributed by atoms with van der Waals surface area (Å²) >= 11 is 0. The van der Waals surface area contributed by atoms with E-state index in [1.54, 1.807) is 13.2 Å². The number of benzene rings is 3. The van der Waals surface area contributed by atoms with Gasteiger partial charge in [-0.2, -0.15) is 0 Å². The first kappa shape index (κ1) is 26.0. The topological polar surface area (TPSA) is 64.6 Å². The van der Waals surface area contributed by atoms with Gasteiger partial charge < -0.3 is 14.8 Å². The SMILES string of the molecule is CCCCCCC(=O)Oc1ccc(C2Nc3ccc4ccccc4c3C3=C2C(=O)CC(C)(C)C3)cc1OC. The maximum absolute atomic E-state index is 13.7. The molecule has 3 aromatic rings. The molecule has 5 rings (SSSR count). The normalized spacial score (nSPS) is 18.0. The van der Waals surface area contributed by atoms with Crippen molar-refractivity contribution in [2.24, 2.45) is 5.41 Å². The average Bonchev–Trinajstić information content (AvgIpc) is 2.89. The Morgan fingerprint density at radius 1 is 1.00 bits per heavy atom. The Labute approximate surface area is 225 Å². The molecule has 1 aliphatic carbocycles. The third-order valence-electron chi connectivity index (χ3n) is 7.72. The van der Waals surface area contributed by atoms with Gasteiger partial charge in [0.25, 0.3) is 0 Å². The van der Waals surface area contributed by atoms with E-state index in [0.29, 0.717) is 24.3 Å². The van der Waals surface area contributed by atoms with Gasteiger partial charge in [-0.3, -0.25) is 9.59 Å². The molecule has 2 aliphatic rings. The lowest BCUT2D eigenvalue weighted by Gasteiger charge is -2.40. The largest absolute Gasteiger partial charge is 0.493 e. The zero-order chi connectivity index (χ0) is 26.9. The van der Waals surface area contributed by atoms with Crippen LogP contribution in [-0.2, 0) is 9.59 Å². The minimum absolute atomic E-state index is 0.112. The molecule has 1 atom stereocenters. The fourth-order valence-electron chi connectivity index (χ4n) is 5.91. The number of ether oxygens (including phenoxy) is 2. The summed E-state index contributed by atoms with van der Waals surface area (Å²) in [5.74, 6) is 0.817. The molecule has 0 saturated heterocycles. The molecule has 3 aromatic carbocycles. The van der Waals surface area contributed by atoms with Crippen molar-refractivity contribution in [1.82, 2.24) is 0 Å². The van der Waals surface area contributed by atoms with Gasteiger partial charge in [0.05, 0.1) is 13.2 Å². The van der Waals surface area contributed by atoms with Gasteiger partial charge in [0.1, 0.15) is 0 Å². The van der Waals surface area contributed by atoms with Crippen LogP contribution in [0, 0.1) is 5.41 Å². The number of anilines is 1. The Morgan fingerprint density at radius 3 is 2.61 bits per heavy atom. The van der Waals surface area contributed by atoms with Crippen LogP contribution in [0.25, 0.3) is 16.3 Å². The van der Waals surface area contributed by atoms with E-state index in [4.69, 9.17) is 9.47 Å². The van der Waals surface area contributed by atoms with Crippen LogP contribution in [0.1, 0.15) is 82.9 Å². The summed E-state index contributed by atoms with van der Waals surface area (Å²) < 4.78 is 11.3. The summed E-state index contributed by atoms with van der Waals surface area (Å²) in [6.07, 6.45) is 5.81. The number of methoxy groups -OCH3 is 1. The second-order valence-corrected chi connectivity index (χ2v) is 11.3. The summed E-state index contributed by atoms with van der Waals surface area (Å²) in [5, 5.41) is 6.00. The van der Waals surface area contributed by atoms with Crippen molar-refractivity contribution in [3.8, 4) is 11.5 Å². The highest BCUT2D eigenvalue weighted by Gasteiger charge is 2.41. The van der Waals surface area contributed by atoms with Gasteiger partial charge in [0, 0.05) is 29.7 Å². The van der Waals surface area contributed by atoms with Gasteiger partial charge in [-0.15, -0.1) is 0 Å². The molecule has 1 heterocycles. The number of Topliss-reactive ketones (excluding diaryl/α,β-unsaturated/α-hetero) is 1. The van der Waals surface area contributed by atoms with Crippen LogP contribution in [0.2, 0.25) is 0 Å². The van der Waals surface area contributed by atoms with E-state index in [9.17, 15) is 9.59 Å². The Bertz CT molecular complexity index is 1420. The first-order valence-corrected chi connectivity index (χ1v) is 13.7. The number of nitrogens with one attached hydrogen (secondary N) is 1. The number of unbranched alkanes of at least 4 members (excludes halogenated alkanes) is 3. The average molecular weight is 512 g/mol. The standard InChI is InChI=1S/C33H37NO4/c1-5-6-7-8-13-29(36)38-27-17-15-22(18-28(27)37-4)32-31-24(19-33(2,3)20-26(31)35)30-23-12-10-9-11-21(23)14-16-25(30)34-32/h9-12,14-18,32,34H,5-8,13,19-20H2,1-4H3. The smallest absolute Gasteiger partial charge is 0.311 e. The highest BCUT2D eigenvalue weighted by molar-refractivity contribution is 6.12. The predicted molar refractivity (Wildman–Crippen MR) is 153 cm³/mol. The molecular weight excluding hydrogens is 474 g/mol. The van der Waals surface area contributed by atoms with Crippen molar-refractivity contribution in [1.29, 1.82) is 0 Å². The van der Waals surface area contributed by atoms with Crippen molar-refractivity contribution < 1.29 is 19.1 Å². The number of rotatable bonds is 8. The third-order valence-corrected chi connectivity index (χ3v) is 7.72. The molecular formula is C33H37NO4. The van der Waals surface area contributed by atoms with Crippen LogP contribution in [0.5, 0.6) is 11.5 Å². The number of carbonyl (C=O) groups excluding carboxylic acids is 2. The maximum atomic E-state index is 13.7. The fourth-order valence-corrected chi connectivity index (χ4v) is 5.91. The van der Waals surface area contributed by atoms with Gasteiger partial charge in [-0.25, -0.2) is 0 Å². The van der Waals surface area contributed by atoms with Crippen molar-refractivity contribution in [2.45, 2.75) is 71.8 Å². The van der Waals surface area contributed by atoms with Gasteiger partial charge in [0.15, 0.2) is 17.3 Å². The van der Waals surface area contributed by atoms with Gasteiger partial charge in [-0.1, -0.05) is 76.4 Å². The molecule has 0 radical (unpaired) electrons. The number of carbonyl (C=O) groups is 2. The fraction of sp³-hybridized carbons (Fsp3) is 0.394. The molecule has 38 heavy (non-hydrogen) atoms. The second-order valence-electron chi connectivity index (χ2n) is 11.3. The van der Waals surface area contributed by atoms with E-state index in [1.165, 1.54) is 0 Å². The van der Waals surface area contributed by atoms with E-state index < -0.39 is 0 Å². The molecule has 0 bridgehead atoms. The van der Waals surface area contributed by atoms with Gasteiger partial charge in [0.2, 0.25) is 0 Å². The maximum Gasteiger partial charge on any atom is 0.311 e. The van der Waals surface area contributed by atoms with Crippen LogP contribution in [0.3, 0.4) is 0 Å². The number of fused-ring (bicyclic) bond motifs is 4. The summed E-state index contributed by atoms with van der Waals surface area (Å²) in [4.78, 5) is 26.1. The predicted octanol–water partition coefficient (Wildman–Crippen LogP) is 8.03. The van der Waals surface area contributed by atoms with Gasteiger partial charge in [-0.05, 0) is 58.4 Å². The Morgan fingerprint density at radius 2 is 1.82 bits per heavy atom. The van der Waals surface area contributed by atoms with E-state index in [0.717, 1.165) is 70.8 Å². The number of allylic oxidation sites excluding steroid dienone is 1. The number of ketones is 1. The zero-order valence-corrected chi connectivity index (χ0v) is 22.9. The molecule has 1 unspecified atom stereocenters. The molecule has 0 spiro atoms. The Balaban J connectivity index is 1.52. The third kappa shape index (κ3) is 5.07. The van der Waals surface area contributed by atoms with Crippen LogP contribution in [-0.4, -0.2) is 18.9 Å². The monoisotopic (exact) mass is 511 g/mol. The van der Waals surface area contributed by atoms with Crippen molar-refractivity contribution in [3.05, 3.63) is 71.3 Å². The summed E-state index contributed by atoms with van der Waals surface area (Å²) in [7, 11) is 1.58. The molecule has 5 heteroatoms. The van der Waals surface area contributed by atoms with Crippen molar-refractivity contribution in [3.63, 3.8) is 0 Å². The zero-order valence-electron chi connectivity index (χ0n) is 22.9. The van der Waals surface area contributed by atoms with Crippen LogP contribution in [0.4, 0.5) is 5.69 Å². The lowest BCUT2D eigenvalue weighted by Crippen LogP contribution is -2.33. The molecule has 5 nitrogen and oxygen atoms in total. The number of hydrogen-bond donors (Lipinski definition) is 1.